The van der Waals surface area contributed by atoms with Gasteiger partial charge in [0.25, 0.3) is 0 Å². The molecule has 0 aliphatic carbocycles. The van der Waals surface area contributed by atoms with Gasteiger partial charge in [0.15, 0.2) is 5.96 Å². The zero-order valence-corrected chi connectivity index (χ0v) is 17.3. The van der Waals surface area contributed by atoms with Crippen LogP contribution in [0.4, 0.5) is 4.39 Å². The molecule has 0 aliphatic rings. The summed E-state index contributed by atoms with van der Waals surface area (Å²) in [5, 5.41) is 7.72. The van der Waals surface area contributed by atoms with E-state index >= 15 is 0 Å². The number of fused-ring (bicyclic) bond motifs is 1. The minimum atomic E-state index is -0.209. The molecule has 0 saturated carbocycles. The van der Waals surface area contributed by atoms with Crippen LogP contribution in [-0.4, -0.2) is 24.5 Å². The summed E-state index contributed by atoms with van der Waals surface area (Å²) in [7, 11) is 1.71. The summed E-state index contributed by atoms with van der Waals surface area (Å²) in [5.41, 5.74) is 4.34. The Hall–Kier alpha value is -2.09. The number of guanidine groups is 1. The molecule has 3 rings (SSSR count). The third-order valence-electron chi connectivity index (χ3n) is 4.31. The first kappa shape index (κ1) is 20.2. The number of aliphatic imine (C=N–C) groups is 1. The van der Waals surface area contributed by atoms with Crippen molar-refractivity contribution >= 4 is 40.8 Å². The van der Waals surface area contributed by atoms with E-state index in [-0.39, 0.29) is 29.8 Å². The largest absolute Gasteiger partial charge is 0.361 e. The Labute approximate surface area is 170 Å². The highest BCUT2D eigenvalue weighted by molar-refractivity contribution is 14.0. The predicted octanol–water partition coefficient (Wildman–Crippen LogP) is 4.14. The number of H-pyrrole nitrogens is 1. The number of aryl methyl sites for hydroxylation is 1. The van der Waals surface area contributed by atoms with Crippen molar-refractivity contribution in [3.05, 3.63) is 71.2 Å². The molecule has 1 aromatic heterocycles. The number of benzene rings is 2. The molecule has 0 fully saturated rings. The van der Waals surface area contributed by atoms with E-state index in [4.69, 9.17) is 0 Å². The summed E-state index contributed by atoms with van der Waals surface area (Å²) in [6.45, 7) is 3.28. The Kier molecular flexibility index (Phi) is 7.44. The van der Waals surface area contributed by atoms with Crippen LogP contribution in [0.1, 0.15) is 16.7 Å². The van der Waals surface area contributed by atoms with E-state index in [1.165, 1.54) is 22.6 Å². The lowest BCUT2D eigenvalue weighted by Gasteiger charge is -2.12. The van der Waals surface area contributed by atoms with Crippen molar-refractivity contribution in [3.63, 3.8) is 0 Å². The maximum absolute atomic E-state index is 13.7. The standard InChI is InChI=1S/C20H23FN4.HI/c1-14-6-5-9-18-19(14)16(13-24-18)10-11-23-20(22-2)25-12-15-7-3-4-8-17(15)21;/h3-9,13,24H,10-12H2,1-2H3,(H2,22,23,25);1H. The molecule has 0 saturated heterocycles. The predicted molar refractivity (Wildman–Crippen MR) is 117 cm³/mol. The Balaban J connectivity index is 0.00000243. The molecule has 1 heterocycles. The molecule has 0 radical (unpaired) electrons. The highest BCUT2D eigenvalue weighted by Gasteiger charge is 2.07. The van der Waals surface area contributed by atoms with Crippen LogP contribution >= 0.6 is 24.0 Å². The van der Waals surface area contributed by atoms with Crippen molar-refractivity contribution in [2.45, 2.75) is 19.9 Å². The molecule has 0 spiro atoms. The van der Waals surface area contributed by atoms with Crippen molar-refractivity contribution in [2.24, 2.45) is 4.99 Å². The van der Waals surface area contributed by atoms with E-state index in [1.807, 2.05) is 6.07 Å². The van der Waals surface area contributed by atoms with Gasteiger partial charge >= 0.3 is 0 Å². The fourth-order valence-electron chi connectivity index (χ4n) is 3.01. The van der Waals surface area contributed by atoms with Crippen LogP contribution in [-0.2, 0) is 13.0 Å². The van der Waals surface area contributed by atoms with Crippen LogP contribution in [0.25, 0.3) is 10.9 Å². The van der Waals surface area contributed by atoms with Crippen molar-refractivity contribution in [2.75, 3.05) is 13.6 Å². The molecule has 0 aliphatic heterocycles. The second-order valence-electron chi connectivity index (χ2n) is 6.01. The average Bonchev–Trinajstić information content (AvgIpc) is 3.04. The van der Waals surface area contributed by atoms with E-state index in [0.29, 0.717) is 18.1 Å². The van der Waals surface area contributed by atoms with E-state index in [2.05, 4.69) is 51.9 Å². The Bertz CT molecular complexity index is 888. The molecule has 138 valence electrons. The van der Waals surface area contributed by atoms with Crippen LogP contribution < -0.4 is 10.6 Å². The quantitative estimate of drug-likeness (QED) is 0.301. The second kappa shape index (κ2) is 9.56. The summed E-state index contributed by atoms with van der Waals surface area (Å²) < 4.78 is 13.7. The molecule has 0 atom stereocenters. The van der Waals surface area contributed by atoms with Gasteiger partial charge < -0.3 is 15.6 Å². The number of rotatable bonds is 5. The highest BCUT2D eigenvalue weighted by atomic mass is 127. The molecule has 0 unspecified atom stereocenters. The number of aromatic amines is 1. The lowest BCUT2D eigenvalue weighted by molar-refractivity contribution is 0.604. The summed E-state index contributed by atoms with van der Waals surface area (Å²) in [4.78, 5) is 7.51. The number of halogens is 2. The molecule has 2 aromatic carbocycles. The zero-order chi connectivity index (χ0) is 17.6. The molecule has 4 nitrogen and oxygen atoms in total. The topological polar surface area (TPSA) is 52.2 Å². The fraction of sp³-hybridized carbons (Fsp3) is 0.250. The van der Waals surface area contributed by atoms with Crippen molar-refractivity contribution in [3.8, 4) is 0 Å². The average molecular weight is 466 g/mol. The van der Waals surface area contributed by atoms with Crippen LogP contribution in [0, 0.1) is 12.7 Å². The third-order valence-corrected chi connectivity index (χ3v) is 4.31. The molecule has 3 aromatic rings. The number of nitrogens with zero attached hydrogens (tertiary/aromatic N) is 1. The Morgan fingerprint density at radius 3 is 2.65 bits per heavy atom. The van der Waals surface area contributed by atoms with Crippen molar-refractivity contribution in [1.29, 1.82) is 0 Å². The number of hydrogen-bond acceptors (Lipinski definition) is 1. The van der Waals surface area contributed by atoms with Crippen molar-refractivity contribution < 1.29 is 4.39 Å². The minimum absolute atomic E-state index is 0. The summed E-state index contributed by atoms with van der Waals surface area (Å²) in [5.74, 6) is 0.458. The van der Waals surface area contributed by atoms with Gasteiger partial charge in [-0.1, -0.05) is 30.3 Å². The lowest BCUT2D eigenvalue weighted by Crippen LogP contribution is -2.38. The van der Waals surface area contributed by atoms with Gasteiger partial charge in [-0.2, -0.15) is 0 Å². The first-order chi connectivity index (χ1) is 12.2. The highest BCUT2D eigenvalue weighted by Crippen LogP contribution is 2.22. The third kappa shape index (κ3) is 4.75. The first-order valence-corrected chi connectivity index (χ1v) is 8.42. The molecular formula is C20H24FIN4. The van der Waals surface area contributed by atoms with Crippen molar-refractivity contribution in [1.82, 2.24) is 15.6 Å². The molecule has 0 amide bonds. The van der Waals surface area contributed by atoms with Crippen LogP contribution in [0.5, 0.6) is 0 Å². The molecule has 6 heteroatoms. The number of aromatic nitrogens is 1. The van der Waals surface area contributed by atoms with Crippen LogP contribution in [0.2, 0.25) is 0 Å². The van der Waals surface area contributed by atoms with Gasteiger partial charge in [0.2, 0.25) is 0 Å². The minimum Gasteiger partial charge on any atom is -0.361 e. The van der Waals surface area contributed by atoms with Gasteiger partial charge in [-0.25, -0.2) is 4.39 Å². The maximum atomic E-state index is 13.7. The lowest BCUT2D eigenvalue weighted by atomic mass is 10.1. The number of hydrogen-bond donors (Lipinski definition) is 3. The van der Waals surface area contributed by atoms with Gasteiger partial charge in [0.1, 0.15) is 5.82 Å². The van der Waals surface area contributed by atoms with Gasteiger partial charge in [-0.15, -0.1) is 24.0 Å². The van der Waals surface area contributed by atoms with E-state index < -0.39 is 0 Å². The van der Waals surface area contributed by atoms with Crippen LogP contribution in [0.15, 0.2) is 53.7 Å². The SMILES string of the molecule is CN=C(NCCc1c[nH]c2cccc(C)c12)NCc1ccccc1F.I. The summed E-state index contributed by atoms with van der Waals surface area (Å²) >= 11 is 0. The van der Waals surface area contributed by atoms with E-state index in [0.717, 1.165) is 18.5 Å². The number of nitrogens with one attached hydrogen (secondary N) is 3. The molecular weight excluding hydrogens is 442 g/mol. The van der Waals surface area contributed by atoms with Gasteiger partial charge in [0.05, 0.1) is 0 Å². The van der Waals surface area contributed by atoms with Gasteiger partial charge in [-0.05, 0) is 36.6 Å². The second-order valence-corrected chi connectivity index (χ2v) is 6.01. The normalized spacial score (nSPS) is 11.3. The Morgan fingerprint density at radius 2 is 1.88 bits per heavy atom. The Morgan fingerprint density at radius 1 is 1.08 bits per heavy atom. The molecule has 26 heavy (non-hydrogen) atoms. The van der Waals surface area contributed by atoms with Gasteiger partial charge in [0, 0.05) is 42.8 Å². The molecule has 0 bridgehead atoms. The smallest absolute Gasteiger partial charge is 0.191 e. The summed E-state index contributed by atoms with van der Waals surface area (Å²) in [6, 6.07) is 13.0. The van der Waals surface area contributed by atoms with Crippen LogP contribution in [0.3, 0.4) is 0 Å². The first-order valence-electron chi connectivity index (χ1n) is 8.42. The van der Waals surface area contributed by atoms with Gasteiger partial charge in [-0.3, -0.25) is 4.99 Å². The van der Waals surface area contributed by atoms with E-state index in [9.17, 15) is 4.39 Å². The van der Waals surface area contributed by atoms with E-state index in [1.54, 1.807) is 19.2 Å². The zero-order valence-electron chi connectivity index (χ0n) is 15.0. The fourth-order valence-corrected chi connectivity index (χ4v) is 3.01. The monoisotopic (exact) mass is 466 g/mol. The maximum Gasteiger partial charge on any atom is 0.191 e. The molecule has 3 N–H and O–H groups in total. The summed E-state index contributed by atoms with van der Waals surface area (Å²) in [6.07, 6.45) is 2.94.